The molecule has 0 saturated carbocycles. The molecule has 3 aromatic rings. The van der Waals surface area contributed by atoms with Crippen molar-refractivity contribution in [2.45, 2.75) is 6.92 Å². The molecule has 0 bridgehead atoms. The minimum absolute atomic E-state index is 0.194. The van der Waals surface area contributed by atoms with Crippen LogP contribution in [0.3, 0.4) is 0 Å². The molecule has 0 aliphatic carbocycles. The summed E-state index contributed by atoms with van der Waals surface area (Å²) in [5.41, 5.74) is 4.06. The van der Waals surface area contributed by atoms with Gasteiger partial charge in [-0.25, -0.2) is 4.79 Å². The maximum atomic E-state index is 12.8. The highest BCUT2D eigenvalue weighted by Crippen LogP contribution is 2.33. The van der Waals surface area contributed by atoms with Crippen LogP contribution in [0, 0.1) is 0 Å². The smallest absolute Gasteiger partial charge is 0.338 e. The standard InChI is InChI=1S/C24H17ClN2O5S2/c1-2-31-23(30)16-5-3-14(4-6-16)19-12-11-18(32-19)13-20-22(29)27(24(33)34-20)26-21(28)15-7-9-17(25)10-8-15/h3-13H,2H2,1H3,(H,26,28)/b20-13+. The maximum Gasteiger partial charge on any atom is 0.338 e. The number of halogens is 1. The van der Waals surface area contributed by atoms with E-state index >= 15 is 0 Å². The Bertz CT molecular complexity index is 1300. The maximum absolute atomic E-state index is 12.8. The zero-order valence-corrected chi connectivity index (χ0v) is 20.1. The van der Waals surface area contributed by atoms with Crippen LogP contribution in [0.4, 0.5) is 0 Å². The van der Waals surface area contributed by atoms with Crippen molar-refractivity contribution in [3.63, 3.8) is 0 Å². The van der Waals surface area contributed by atoms with E-state index in [9.17, 15) is 14.4 Å². The van der Waals surface area contributed by atoms with Crippen molar-refractivity contribution in [1.82, 2.24) is 10.4 Å². The van der Waals surface area contributed by atoms with E-state index in [0.29, 0.717) is 39.2 Å². The molecule has 1 aromatic heterocycles. The van der Waals surface area contributed by atoms with Crippen LogP contribution >= 0.6 is 35.6 Å². The van der Waals surface area contributed by atoms with Crippen LogP contribution in [0.1, 0.15) is 33.4 Å². The molecule has 1 N–H and O–H groups in total. The lowest BCUT2D eigenvalue weighted by molar-refractivity contribution is -0.123. The highest BCUT2D eigenvalue weighted by atomic mass is 35.5. The van der Waals surface area contributed by atoms with Crippen molar-refractivity contribution in [3.05, 3.63) is 87.5 Å². The molecule has 10 heteroatoms. The van der Waals surface area contributed by atoms with Crippen LogP contribution < -0.4 is 5.43 Å². The quantitative estimate of drug-likeness (QED) is 0.271. The Morgan fingerprint density at radius 2 is 1.76 bits per heavy atom. The van der Waals surface area contributed by atoms with Gasteiger partial charge in [0.25, 0.3) is 11.8 Å². The summed E-state index contributed by atoms with van der Waals surface area (Å²) in [6.07, 6.45) is 1.56. The molecule has 2 heterocycles. The Morgan fingerprint density at radius 3 is 2.44 bits per heavy atom. The van der Waals surface area contributed by atoms with Gasteiger partial charge in [0, 0.05) is 22.2 Å². The number of furan rings is 1. The number of hydrazine groups is 1. The average Bonchev–Trinajstić information content (AvgIpc) is 3.40. The predicted octanol–water partition coefficient (Wildman–Crippen LogP) is 5.32. The molecular weight excluding hydrogens is 496 g/mol. The van der Waals surface area contributed by atoms with E-state index in [-0.39, 0.29) is 10.3 Å². The molecule has 172 valence electrons. The Balaban J connectivity index is 1.46. The van der Waals surface area contributed by atoms with Crippen molar-refractivity contribution < 1.29 is 23.5 Å². The van der Waals surface area contributed by atoms with E-state index in [1.54, 1.807) is 73.7 Å². The number of nitrogens with zero attached hydrogens (tertiary/aromatic N) is 1. The lowest BCUT2D eigenvalue weighted by atomic mass is 10.1. The minimum Gasteiger partial charge on any atom is -0.462 e. The molecule has 1 aliphatic heterocycles. The number of ether oxygens (including phenoxy) is 1. The fourth-order valence-electron chi connectivity index (χ4n) is 3.03. The van der Waals surface area contributed by atoms with Crippen LogP contribution in [0.5, 0.6) is 0 Å². The number of hydrogen-bond donors (Lipinski definition) is 1. The van der Waals surface area contributed by atoms with Gasteiger partial charge in [0.05, 0.1) is 17.1 Å². The number of benzene rings is 2. The van der Waals surface area contributed by atoms with Crippen molar-refractivity contribution in [2.24, 2.45) is 0 Å². The number of rotatable bonds is 6. The number of carbonyl (C=O) groups excluding carboxylic acids is 3. The topological polar surface area (TPSA) is 88.9 Å². The SMILES string of the molecule is CCOC(=O)c1ccc(-c2ccc(/C=C3/SC(=S)N(NC(=O)c4ccc(Cl)cc4)C3=O)o2)cc1. The normalized spacial score (nSPS) is 14.5. The number of thiocarbonyl (C=S) groups is 1. The van der Waals surface area contributed by atoms with Gasteiger partial charge in [0.1, 0.15) is 11.5 Å². The van der Waals surface area contributed by atoms with Gasteiger partial charge >= 0.3 is 5.97 Å². The largest absolute Gasteiger partial charge is 0.462 e. The van der Waals surface area contributed by atoms with Gasteiger partial charge < -0.3 is 9.15 Å². The Kier molecular flexibility index (Phi) is 7.16. The summed E-state index contributed by atoms with van der Waals surface area (Å²) in [6, 6.07) is 16.6. The van der Waals surface area contributed by atoms with Gasteiger partial charge in [-0.2, -0.15) is 5.01 Å². The fourth-order valence-corrected chi connectivity index (χ4v) is 4.32. The molecule has 2 aromatic carbocycles. The van der Waals surface area contributed by atoms with E-state index in [4.69, 9.17) is 33.0 Å². The number of esters is 1. The van der Waals surface area contributed by atoms with Crippen molar-refractivity contribution in [2.75, 3.05) is 6.61 Å². The second-order valence-corrected chi connectivity index (χ2v) is 9.08. The third-order valence-corrected chi connectivity index (χ3v) is 6.25. The van der Waals surface area contributed by atoms with Crippen LogP contribution in [0.15, 0.2) is 70.0 Å². The number of thioether (sulfide) groups is 1. The summed E-state index contributed by atoms with van der Waals surface area (Å²) in [4.78, 5) is 37.4. The molecule has 1 aliphatic rings. The molecule has 34 heavy (non-hydrogen) atoms. The zero-order valence-electron chi connectivity index (χ0n) is 17.7. The third kappa shape index (κ3) is 5.22. The Hall–Kier alpha value is -3.40. The van der Waals surface area contributed by atoms with E-state index in [1.165, 1.54) is 0 Å². The van der Waals surface area contributed by atoms with E-state index in [1.807, 2.05) is 0 Å². The van der Waals surface area contributed by atoms with Gasteiger partial charge in [0.2, 0.25) is 0 Å². The van der Waals surface area contributed by atoms with Crippen molar-refractivity contribution in [1.29, 1.82) is 0 Å². The molecular formula is C24H17ClN2O5S2. The average molecular weight is 513 g/mol. The van der Waals surface area contributed by atoms with Gasteiger partial charge in [-0.1, -0.05) is 35.5 Å². The number of nitrogens with one attached hydrogen (secondary N) is 1. The highest BCUT2D eigenvalue weighted by molar-refractivity contribution is 8.26. The molecule has 4 rings (SSSR count). The van der Waals surface area contributed by atoms with Crippen molar-refractivity contribution in [3.8, 4) is 11.3 Å². The van der Waals surface area contributed by atoms with Gasteiger partial charge in [-0.05, 0) is 67.7 Å². The first-order valence-corrected chi connectivity index (χ1v) is 11.7. The summed E-state index contributed by atoms with van der Waals surface area (Å²) in [6.45, 7) is 2.05. The molecule has 1 saturated heterocycles. The lowest BCUT2D eigenvalue weighted by Crippen LogP contribution is -2.44. The molecule has 2 amide bonds. The molecule has 0 spiro atoms. The lowest BCUT2D eigenvalue weighted by Gasteiger charge is -2.15. The molecule has 7 nitrogen and oxygen atoms in total. The monoisotopic (exact) mass is 512 g/mol. The molecule has 1 fully saturated rings. The summed E-state index contributed by atoms with van der Waals surface area (Å²) >= 11 is 12.2. The third-order valence-electron chi connectivity index (χ3n) is 4.69. The van der Waals surface area contributed by atoms with Crippen LogP contribution in [0.25, 0.3) is 17.4 Å². The van der Waals surface area contributed by atoms with E-state index < -0.39 is 11.8 Å². The van der Waals surface area contributed by atoms with Crippen molar-refractivity contribution >= 4 is 63.8 Å². The Morgan fingerprint density at radius 1 is 1.09 bits per heavy atom. The van der Waals surface area contributed by atoms with Gasteiger partial charge in [0.15, 0.2) is 4.32 Å². The van der Waals surface area contributed by atoms with Gasteiger partial charge in [-0.15, -0.1) is 0 Å². The van der Waals surface area contributed by atoms with Crippen LogP contribution in [-0.2, 0) is 9.53 Å². The first kappa shape index (κ1) is 23.7. The number of hydrogen-bond acceptors (Lipinski definition) is 7. The second kappa shape index (κ2) is 10.3. The predicted molar refractivity (Wildman–Crippen MR) is 134 cm³/mol. The second-order valence-electron chi connectivity index (χ2n) is 6.96. The summed E-state index contributed by atoms with van der Waals surface area (Å²) in [7, 11) is 0. The number of amides is 2. The first-order chi connectivity index (χ1) is 16.4. The molecule has 0 atom stereocenters. The molecule has 0 unspecified atom stereocenters. The van der Waals surface area contributed by atoms with E-state index in [2.05, 4.69) is 5.43 Å². The summed E-state index contributed by atoms with van der Waals surface area (Å²) in [5, 5.41) is 1.53. The zero-order chi connectivity index (χ0) is 24.2. The first-order valence-electron chi connectivity index (χ1n) is 10.1. The Labute approximate surface area is 209 Å². The number of carbonyl (C=O) groups is 3. The van der Waals surface area contributed by atoms with Gasteiger partial charge in [-0.3, -0.25) is 15.0 Å². The molecule has 0 radical (unpaired) electrons. The summed E-state index contributed by atoms with van der Waals surface area (Å²) < 4.78 is 11.0. The minimum atomic E-state index is -0.485. The highest BCUT2D eigenvalue weighted by Gasteiger charge is 2.34. The van der Waals surface area contributed by atoms with Crippen LogP contribution in [-0.4, -0.2) is 33.7 Å². The van der Waals surface area contributed by atoms with E-state index in [0.717, 1.165) is 22.3 Å². The fraction of sp³-hybridized carbons (Fsp3) is 0.0833. The summed E-state index contributed by atoms with van der Waals surface area (Å²) in [5.74, 6) is -0.337. The van der Waals surface area contributed by atoms with Crippen LogP contribution in [0.2, 0.25) is 5.02 Å².